The van der Waals surface area contributed by atoms with E-state index in [9.17, 15) is 0 Å². The lowest BCUT2D eigenvalue weighted by atomic mass is 10.4. The zero-order valence-corrected chi connectivity index (χ0v) is 7.25. The Morgan fingerprint density at radius 2 is 2.14 bits per heavy atom. The van der Waals surface area contributed by atoms with Gasteiger partial charge in [0.1, 0.15) is 11.8 Å². The van der Waals surface area contributed by atoms with E-state index in [1.807, 2.05) is 6.07 Å². The molecule has 5 nitrogen and oxygen atoms in total. The molecule has 5 heteroatoms. The molecule has 0 bridgehead atoms. The summed E-state index contributed by atoms with van der Waals surface area (Å²) in [4.78, 5) is 7.95. The number of hydrogen-bond acceptors (Lipinski definition) is 4. The van der Waals surface area contributed by atoms with Crippen LogP contribution in [-0.4, -0.2) is 14.5 Å². The molecule has 0 saturated carbocycles. The van der Waals surface area contributed by atoms with E-state index in [1.54, 1.807) is 22.9 Å². The van der Waals surface area contributed by atoms with Crippen molar-refractivity contribution >= 4 is 5.82 Å². The molecule has 2 N–H and O–H groups in total. The van der Waals surface area contributed by atoms with Crippen molar-refractivity contribution in [3.63, 3.8) is 0 Å². The summed E-state index contributed by atoms with van der Waals surface area (Å²) < 4.78 is 1.60. The number of nitrogens with zero attached hydrogens (tertiary/aromatic N) is 4. The Labute approximate surface area is 80.4 Å². The smallest absolute Gasteiger partial charge is 0.180 e. The highest BCUT2D eigenvalue weighted by molar-refractivity contribution is 5.48. The standard InChI is InChI=1S/C9H7N5/c10-6-7-2-1-5-14(7)9-8(11)12-3-4-13-9/h1-5H,(H2,11,12). The maximum Gasteiger partial charge on any atom is 0.180 e. The molecule has 2 rings (SSSR count). The summed E-state index contributed by atoms with van der Waals surface area (Å²) in [6.07, 6.45) is 4.76. The fourth-order valence-corrected chi connectivity index (χ4v) is 1.18. The van der Waals surface area contributed by atoms with Gasteiger partial charge in [0.05, 0.1) is 0 Å². The van der Waals surface area contributed by atoms with Crippen LogP contribution in [0.25, 0.3) is 5.82 Å². The van der Waals surface area contributed by atoms with E-state index in [-0.39, 0.29) is 0 Å². The minimum Gasteiger partial charge on any atom is -0.381 e. The molecule has 0 amide bonds. The summed E-state index contributed by atoms with van der Waals surface area (Å²) in [6, 6.07) is 5.49. The highest BCUT2D eigenvalue weighted by atomic mass is 15.1. The third kappa shape index (κ3) is 1.19. The van der Waals surface area contributed by atoms with E-state index >= 15 is 0 Å². The van der Waals surface area contributed by atoms with Crippen LogP contribution >= 0.6 is 0 Å². The SMILES string of the molecule is N#Cc1cccn1-c1nccnc1N. The molecular weight excluding hydrogens is 178 g/mol. The van der Waals surface area contributed by atoms with Crippen LogP contribution in [-0.2, 0) is 0 Å². The van der Waals surface area contributed by atoms with Crippen molar-refractivity contribution in [3.8, 4) is 11.9 Å². The summed E-state index contributed by atoms with van der Waals surface area (Å²) >= 11 is 0. The molecule has 2 heterocycles. The summed E-state index contributed by atoms with van der Waals surface area (Å²) in [5.74, 6) is 0.786. The molecule has 2 aromatic rings. The average molecular weight is 185 g/mol. The number of hydrogen-bond donors (Lipinski definition) is 1. The largest absolute Gasteiger partial charge is 0.381 e. The van der Waals surface area contributed by atoms with Gasteiger partial charge in [0.2, 0.25) is 0 Å². The first-order valence-electron chi connectivity index (χ1n) is 3.97. The van der Waals surface area contributed by atoms with Crippen molar-refractivity contribution in [1.29, 1.82) is 5.26 Å². The number of nitrogens with two attached hydrogens (primary N) is 1. The minimum atomic E-state index is 0.306. The average Bonchev–Trinajstić information content (AvgIpc) is 2.66. The van der Waals surface area contributed by atoms with Gasteiger partial charge in [-0.25, -0.2) is 9.97 Å². The van der Waals surface area contributed by atoms with Crippen molar-refractivity contribution in [2.45, 2.75) is 0 Å². The predicted molar refractivity (Wildman–Crippen MR) is 50.5 cm³/mol. The molecule has 0 unspecified atom stereocenters. The molecule has 68 valence electrons. The number of aromatic nitrogens is 3. The van der Waals surface area contributed by atoms with Crippen molar-refractivity contribution in [3.05, 3.63) is 36.4 Å². The molecular formula is C9H7N5. The normalized spacial score (nSPS) is 9.64. The number of nitrogen functional groups attached to an aromatic ring is 1. The van der Waals surface area contributed by atoms with E-state index in [2.05, 4.69) is 9.97 Å². The Bertz CT molecular complexity index is 494. The maximum atomic E-state index is 8.80. The van der Waals surface area contributed by atoms with Gasteiger partial charge >= 0.3 is 0 Å². The Morgan fingerprint density at radius 3 is 2.86 bits per heavy atom. The van der Waals surface area contributed by atoms with Crippen molar-refractivity contribution < 1.29 is 0 Å². The van der Waals surface area contributed by atoms with Crippen molar-refractivity contribution in [2.24, 2.45) is 0 Å². The first-order valence-corrected chi connectivity index (χ1v) is 3.97. The highest BCUT2D eigenvalue weighted by Gasteiger charge is 2.06. The lowest BCUT2D eigenvalue weighted by molar-refractivity contribution is 0.973. The van der Waals surface area contributed by atoms with Crippen LogP contribution in [0.15, 0.2) is 30.7 Å². The Hall–Kier alpha value is -2.35. The van der Waals surface area contributed by atoms with Gasteiger partial charge in [-0.15, -0.1) is 0 Å². The monoisotopic (exact) mass is 185 g/mol. The number of rotatable bonds is 1. The molecule has 0 radical (unpaired) electrons. The molecule has 0 spiro atoms. The van der Waals surface area contributed by atoms with Crippen LogP contribution in [0.1, 0.15) is 5.69 Å². The molecule has 0 saturated heterocycles. The minimum absolute atomic E-state index is 0.306. The maximum absolute atomic E-state index is 8.80. The second-order valence-electron chi connectivity index (χ2n) is 2.64. The molecule has 0 fully saturated rings. The van der Waals surface area contributed by atoms with E-state index in [0.29, 0.717) is 17.3 Å². The van der Waals surface area contributed by atoms with E-state index in [1.165, 1.54) is 12.4 Å². The molecule has 0 aliphatic carbocycles. The van der Waals surface area contributed by atoms with Gasteiger partial charge in [-0.3, -0.25) is 4.57 Å². The number of anilines is 1. The highest BCUT2D eigenvalue weighted by Crippen LogP contribution is 2.13. The van der Waals surface area contributed by atoms with Gasteiger partial charge in [-0.2, -0.15) is 5.26 Å². The Kier molecular flexibility index (Phi) is 1.88. The second-order valence-corrected chi connectivity index (χ2v) is 2.64. The fraction of sp³-hybridized carbons (Fsp3) is 0. The van der Waals surface area contributed by atoms with E-state index in [4.69, 9.17) is 11.0 Å². The number of nitriles is 1. The van der Waals surface area contributed by atoms with Crippen LogP contribution in [0.4, 0.5) is 5.82 Å². The van der Waals surface area contributed by atoms with Gasteiger partial charge in [0.15, 0.2) is 11.6 Å². The lowest BCUT2D eigenvalue weighted by Crippen LogP contribution is -2.04. The topological polar surface area (TPSA) is 80.5 Å². The zero-order valence-electron chi connectivity index (χ0n) is 7.25. The lowest BCUT2D eigenvalue weighted by Gasteiger charge is -2.04. The van der Waals surface area contributed by atoms with E-state index in [0.717, 1.165) is 0 Å². The van der Waals surface area contributed by atoms with E-state index < -0.39 is 0 Å². The van der Waals surface area contributed by atoms with Gasteiger partial charge in [0, 0.05) is 18.6 Å². The van der Waals surface area contributed by atoms with Gasteiger partial charge in [-0.05, 0) is 12.1 Å². The van der Waals surface area contributed by atoms with Crippen LogP contribution in [0.3, 0.4) is 0 Å². The third-order valence-corrected chi connectivity index (χ3v) is 1.80. The molecule has 14 heavy (non-hydrogen) atoms. The van der Waals surface area contributed by atoms with Gasteiger partial charge < -0.3 is 5.73 Å². The van der Waals surface area contributed by atoms with Gasteiger partial charge in [-0.1, -0.05) is 0 Å². The Balaban J connectivity index is 2.62. The third-order valence-electron chi connectivity index (χ3n) is 1.80. The Morgan fingerprint density at radius 1 is 1.36 bits per heavy atom. The van der Waals surface area contributed by atoms with Crippen molar-refractivity contribution in [2.75, 3.05) is 5.73 Å². The van der Waals surface area contributed by atoms with Crippen LogP contribution in [0.5, 0.6) is 0 Å². The molecule has 0 aliphatic heterocycles. The quantitative estimate of drug-likeness (QED) is 0.709. The summed E-state index contributed by atoms with van der Waals surface area (Å²) in [7, 11) is 0. The second kappa shape index (κ2) is 3.18. The van der Waals surface area contributed by atoms with Gasteiger partial charge in [0.25, 0.3) is 0 Å². The summed E-state index contributed by atoms with van der Waals surface area (Å²) in [5.41, 5.74) is 6.12. The van der Waals surface area contributed by atoms with Crippen LogP contribution in [0.2, 0.25) is 0 Å². The first kappa shape index (κ1) is 8.26. The molecule has 0 aromatic carbocycles. The molecule has 0 atom stereocenters. The van der Waals surface area contributed by atoms with Crippen LogP contribution < -0.4 is 5.73 Å². The van der Waals surface area contributed by atoms with Crippen molar-refractivity contribution in [1.82, 2.24) is 14.5 Å². The first-order chi connectivity index (χ1) is 6.83. The zero-order chi connectivity index (χ0) is 9.97. The summed E-state index contributed by atoms with van der Waals surface area (Å²) in [6.45, 7) is 0. The molecule has 0 aliphatic rings. The van der Waals surface area contributed by atoms with Crippen LogP contribution in [0, 0.1) is 11.3 Å². The predicted octanol–water partition coefficient (Wildman–Crippen LogP) is 0.721. The fourth-order valence-electron chi connectivity index (χ4n) is 1.18. The summed E-state index contributed by atoms with van der Waals surface area (Å²) in [5, 5.41) is 8.80. The molecule has 2 aromatic heterocycles.